The zero-order valence-corrected chi connectivity index (χ0v) is 15.2. The first-order chi connectivity index (χ1) is 13.2. The van der Waals surface area contributed by atoms with E-state index in [0.29, 0.717) is 17.9 Å². The van der Waals surface area contributed by atoms with Crippen LogP contribution in [0.1, 0.15) is 11.1 Å². The molecule has 4 rings (SSSR count). The molecule has 0 aromatic heterocycles. The second-order valence-electron chi connectivity index (χ2n) is 6.97. The predicted octanol–water partition coefficient (Wildman–Crippen LogP) is 2.22. The topological polar surface area (TPSA) is 52.7 Å². The van der Waals surface area contributed by atoms with E-state index in [9.17, 15) is 9.59 Å². The molecule has 0 spiro atoms. The van der Waals surface area contributed by atoms with Crippen LogP contribution >= 0.6 is 0 Å². The Kier molecular flexibility index (Phi) is 5.03. The van der Waals surface area contributed by atoms with E-state index >= 15 is 0 Å². The van der Waals surface area contributed by atoms with Gasteiger partial charge in [-0.05, 0) is 11.1 Å². The summed E-state index contributed by atoms with van der Waals surface area (Å²) in [5.74, 6) is 0. The number of anilines is 2. The Morgan fingerprint density at radius 2 is 1.33 bits per heavy atom. The third-order valence-corrected chi connectivity index (χ3v) is 5.13. The van der Waals surface area contributed by atoms with Crippen molar-refractivity contribution in [2.75, 3.05) is 36.4 Å². The highest BCUT2D eigenvalue weighted by molar-refractivity contribution is 5.75. The number of hydrogen-bond acceptors (Lipinski definition) is 5. The zero-order valence-electron chi connectivity index (χ0n) is 15.2. The lowest BCUT2D eigenvalue weighted by Crippen LogP contribution is -2.51. The first-order valence-electron chi connectivity index (χ1n) is 9.35. The van der Waals surface area contributed by atoms with Crippen LogP contribution in [0.5, 0.6) is 0 Å². The largest absolute Gasteiger partial charge is 0.376 e. The lowest BCUT2D eigenvalue weighted by molar-refractivity contribution is 0.249. The van der Waals surface area contributed by atoms with Gasteiger partial charge >= 0.3 is 0 Å². The predicted molar refractivity (Wildman–Crippen MR) is 109 cm³/mol. The Morgan fingerprint density at radius 1 is 0.741 bits per heavy atom. The van der Waals surface area contributed by atoms with Crippen molar-refractivity contribution in [1.29, 1.82) is 0 Å². The second-order valence-corrected chi connectivity index (χ2v) is 6.97. The molecule has 138 valence electrons. The number of hydrogen-bond donors (Lipinski definition) is 1. The van der Waals surface area contributed by atoms with Gasteiger partial charge in [0.15, 0.2) is 0 Å². The summed E-state index contributed by atoms with van der Waals surface area (Å²) in [5, 5.41) is 3.17. The fourth-order valence-electron chi connectivity index (χ4n) is 3.60. The molecule has 1 N–H and O–H groups in total. The lowest BCUT2D eigenvalue weighted by atomic mass is 10.1. The number of piperazine rings is 1. The lowest BCUT2D eigenvalue weighted by Gasteiger charge is -2.37. The Bertz CT molecular complexity index is 954. The molecule has 3 aromatic carbocycles. The van der Waals surface area contributed by atoms with Crippen molar-refractivity contribution in [2.24, 2.45) is 0 Å². The van der Waals surface area contributed by atoms with Crippen molar-refractivity contribution in [3.05, 3.63) is 92.2 Å². The van der Waals surface area contributed by atoms with Crippen LogP contribution in [0.15, 0.2) is 70.3 Å². The van der Waals surface area contributed by atoms with Gasteiger partial charge in [-0.2, -0.15) is 0 Å². The average molecular weight is 361 g/mol. The Labute approximate surface area is 158 Å². The van der Waals surface area contributed by atoms with Gasteiger partial charge in [-0.15, -0.1) is 0 Å². The molecule has 1 aliphatic rings. The molecule has 0 unspecified atom stereocenters. The minimum absolute atomic E-state index is 0.359. The molecule has 5 nitrogen and oxygen atoms in total. The first-order valence-corrected chi connectivity index (χ1v) is 9.35. The van der Waals surface area contributed by atoms with Gasteiger partial charge in [0, 0.05) is 39.3 Å². The van der Waals surface area contributed by atoms with Gasteiger partial charge in [0.25, 0.3) is 10.9 Å². The van der Waals surface area contributed by atoms with E-state index in [1.807, 2.05) is 36.4 Å². The summed E-state index contributed by atoms with van der Waals surface area (Å²) in [6.07, 6.45) is 0. The van der Waals surface area contributed by atoms with Gasteiger partial charge < -0.3 is 10.2 Å². The van der Waals surface area contributed by atoms with E-state index in [1.165, 1.54) is 5.56 Å². The van der Waals surface area contributed by atoms with E-state index < -0.39 is 5.43 Å². The fourth-order valence-corrected chi connectivity index (χ4v) is 3.60. The molecular weight excluding hydrogens is 338 g/mol. The van der Waals surface area contributed by atoms with Crippen LogP contribution in [-0.4, -0.2) is 31.1 Å². The van der Waals surface area contributed by atoms with Crippen LogP contribution in [0.2, 0.25) is 0 Å². The molecule has 1 fully saturated rings. The zero-order chi connectivity index (χ0) is 18.6. The summed E-state index contributed by atoms with van der Waals surface area (Å²) in [7, 11) is 0. The molecule has 3 aromatic rings. The molecule has 0 amide bonds. The normalized spacial score (nSPS) is 15.2. The van der Waals surface area contributed by atoms with Crippen molar-refractivity contribution >= 4 is 11.4 Å². The van der Waals surface area contributed by atoms with Crippen LogP contribution in [0.3, 0.4) is 0 Å². The molecule has 27 heavy (non-hydrogen) atoms. The van der Waals surface area contributed by atoms with Gasteiger partial charge in [0.05, 0.1) is 0 Å². The summed E-state index contributed by atoms with van der Waals surface area (Å²) in [5.41, 5.74) is 2.67. The van der Waals surface area contributed by atoms with Gasteiger partial charge in [0.2, 0.25) is 0 Å². The number of rotatable bonds is 6. The van der Waals surface area contributed by atoms with Crippen LogP contribution in [0, 0.1) is 0 Å². The molecule has 1 saturated heterocycles. The quantitative estimate of drug-likeness (QED) is 0.683. The van der Waals surface area contributed by atoms with Crippen molar-refractivity contribution < 1.29 is 0 Å². The standard InChI is InChI=1S/C22H23N3O2/c26-21-19(23-15-17-7-3-1-4-8-17)20(22(21)27)25-13-11-24(12-14-25)16-18-9-5-2-6-10-18/h1-10,23H,11-16H2. The summed E-state index contributed by atoms with van der Waals surface area (Å²) in [6, 6.07) is 20.3. The van der Waals surface area contributed by atoms with E-state index in [1.54, 1.807) is 0 Å². The van der Waals surface area contributed by atoms with Crippen LogP contribution < -0.4 is 21.1 Å². The van der Waals surface area contributed by atoms with Gasteiger partial charge in [-0.25, -0.2) is 0 Å². The van der Waals surface area contributed by atoms with Crippen LogP contribution in [-0.2, 0) is 13.1 Å². The van der Waals surface area contributed by atoms with E-state index in [-0.39, 0.29) is 5.43 Å². The fraction of sp³-hybridized carbons (Fsp3) is 0.273. The molecule has 5 heteroatoms. The number of nitrogens with zero attached hydrogens (tertiary/aromatic N) is 2. The van der Waals surface area contributed by atoms with Crippen molar-refractivity contribution in [3.8, 4) is 0 Å². The monoisotopic (exact) mass is 361 g/mol. The second kappa shape index (κ2) is 7.76. The molecule has 0 radical (unpaired) electrons. The Morgan fingerprint density at radius 3 is 1.96 bits per heavy atom. The molecule has 1 heterocycles. The first kappa shape index (κ1) is 17.5. The third kappa shape index (κ3) is 3.78. The van der Waals surface area contributed by atoms with Crippen molar-refractivity contribution in [3.63, 3.8) is 0 Å². The molecule has 0 bridgehead atoms. The smallest absolute Gasteiger partial charge is 0.253 e. The highest BCUT2D eigenvalue weighted by atomic mass is 16.2. The third-order valence-electron chi connectivity index (χ3n) is 5.13. The van der Waals surface area contributed by atoms with Gasteiger partial charge in [-0.3, -0.25) is 14.5 Å². The summed E-state index contributed by atoms with van der Waals surface area (Å²) in [6.45, 7) is 4.75. The van der Waals surface area contributed by atoms with Crippen molar-refractivity contribution in [2.45, 2.75) is 13.1 Å². The van der Waals surface area contributed by atoms with Crippen molar-refractivity contribution in [1.82, 2.24) is 4.90 Å². The molecule has 1 aliphatic heterocycles. The van der Waals surface area contributed by atoms with E-state index in [2.05, 4.69) is 39.4 Å². The molecule has 0 atom stereocenters. The number of nitrogens with one attached hydrogen (secondary N) is 1. The maximum absolute atomic E-state index is 12.2. The number of benzene rings is 2. The van der Waals surface area contributed by atoms with E-state index in [4.69, 9.17) is 0 Å². The van der Waals surface area contributed by atoms with Gasteiger partial charge in [0.1, 0.15) is 11.4 Å². The average Bonchev–Trinajstić information content (AvgIpc) is 2.73. The minimum Gasteiger partial charge on any atom is -0.376 e. The summed E-state index contributed by atoms with van der Waals surface area (Å²) in [4.78, 5) is 28.6. The van der Waals surface area contributed by atoms with Gasteiger partial charge in [-0.1, -0.05) is 60.7 Å². The Hall–Kier alpha value is -2.92. The molecule has 0 aliphatic carbocycles. The maximum atomic E-state index is 12.2. The van der Waals surface area contributed by atoms with Crippen LogP contribution in [0.25, 0.3) is 0 Å². The maximum Gasteiger partial charge on any atom is 0.253 e. The van der Waals surface area contributed by atoms with E-state index in [0.717, 1.165) is 38.3 Å². The molecule has 0 saturated carbocycles. The summed E-state index contributed by atoms with van der Waals surface area (Å²) < 4.78 is 0. The highest BCUT2D eigenvalue weighted by Crippen LogP contribution is 2.22. The van der Waals surface area contributed by atoms with Crippen LogP contribution in [0.4, 0.5) is 11.4 Å². The molecular formula is C22H23N3O2. The Balaban J connectivity index is 1.38. The highest BCUT2D eigenvalue weighted by Gasteiger charge is 2.28. The minimum atomic E-state index is -0.396. The summed E-state index contributed by atoms with van der Waals surface area (Å²) >= 11 is 0. The SMILES string of the molecule is O=c1c(NCc2ccccc2)c(N2CCN(Cc3ccccc3)CC2)c1=O.